The third-order valence-corrected chi connectivity index (χ3v) is 8.11. The average Bonchev–Trinajstić information content (AvgIpc) is 3.47. The molecule has 3 fully saturated rings. The number of epoxide rings is 1. The molecule has 0 bridgehead atoms. The predicted octanol–water partition coefficient (Wildman–Crippen LogP) is 1.42. The molecular formula is C29H41N3O7. The van der Waals surface area contributed by atoms with Crippen molar-refractivity contribution >= 4 is 23.5 Å². The monoisotopic (exact) mass is 543 g/mol. The second-order valence-corrected chi connectivity index (χ2v) is 11.2. The van der Waals surface area contributed by atoms with Gasteiger partial charge in [0.05, 0.1) is 25.9 Å². The summed E-state index contributed by atoms with van der Waals surface area (Å²) in [6.45, 7) is 1.94. The highest BCUT2D eigenvalue weighted by atomic mass is 16.6. The average molecular weight is 544 g/mol. The van der Waals surface area contributed by atoms with Crippen LogP contribution in [0.4, 0.5) is 0 Å². The van der Waals surface area contributed by atoms with E-state index in [1.807, 2.05) is 12.1 Å². The van der Waals surface area contributed by atoms with Crippen LogP contribution in [0.15, 0.2) is 24.3 Å². The molecule has 0 aromatic heterocycles. The zero-order valence-corrected chi connectivity index (χ0v) is 22.8. The molecule has 1 saturated heterocycles. The molecular weight excluding hydrogens is 502 g/mol. The number of aliphatic hydroxyl groups excluding tert-OH is 1. The second kappa shape index (κ2) is 13.4. The topological polar surface area (TPSA) is 146 Å². The van der Waals surface area contributed by atoms with Crippen LogP contribution >= 0.6 is 0 Å². The van der Waals surface area contributed by atoms with E-state index in [1.165, 1.54) is 0 Å². The minimum atomic E-state index is -0.961. The minimum Gasteiger partial charge on any atom is -0.497 e. The number of methoxy groups -OCH3 is 1. The van der Waals surface area contributed by atoms with Gasteiger partial charge in [-0.3, -0.25) is 19.2 Å². The molecule has 2 saturated carbocycles. The van der Waals surface area contributed by atoms with Crippen molar-refractivity contribution in [1.29, 1.82) is 0 Å². The summed E-state index contributed by atoms with van der Waals surface area (Å²) in [4.78, 5) is 52.3. The van der Waals surface area contributed by atoms with Gasteiger partial charge in [-0.1, -0.05) is 37.8 Å². The Morgan fingerprint density at radius 2 is 1.64 bits per heavy atom. The second-order valence-electron chi connectivity index (χ2n) is 11.2. The molecule has 3 amide bonds. The van der Waals surface area contributed by atoms with Gasteiger partial charge in [-0.25, -0.2) is 0 Å². The van der Waals surface area contributed by atoms with Gasteiger partial charge in [-0.15, -0.1) is 0 Å². The summed E-state index contributed by atoms with van der Waals surface area (Å²) in [5.74, 6) is -0.643. The molecule has 39 heavy (non-hydrogen) atoms. The number of nitrogens with one attached hydrogen (secondary N) is 3. The molecule has 10 nitrogen and oxygen atoms in total. The number of hydrogen-bond acceptors (Lipinski definition) is 7. The van der Waals surface area contributed by atoms with E-state index in [-0.39, 0.29) is 24.0 Å². The largest absolute Gasteiger partial charge is 0.497 e. The van der Waals surface area contributed by atoms with Crippen molar-refractivity contribution in [2.75, 3.05) is 13.7 Å². The third-order valence-electron chi connectivity index (χ3n) is 8.11. The third kappa shape index (κ3) is 8.25. The SMILES string of the molecule is COc1ccc(C[C@H](NC(=O)[C@@H](C)NC(=O)[C@@H]2CC[C@@H](O)C2)C(=O)N[C@@H](CC2CCCC2)C(=O)[C@H]2CO2)cc1. The maximum atomic E-state index is 13.6. The van der Waals surface area contributed by atoms with E-state index >= 15 is 0 Å². The molecule has 4 N–H and O–H groups in total. The van der Waals surface area contributed by atoms with Crippen molar-refractivity contribution in [3.63, 3.8) is 0 Å². The van der Waals surface area contributed by atoms with Gasteiger partial charge in [0.15, 0.2) is 5.78 Å². The van der Waals surface area contributed by atoms with Crippen LogP contribution in [0.5, 0.6) is 5.75 Å². The first-order chi connectivity index (χ1) is 18.7. The van der Waals surface area contributed by atoms with Gasteiger partial charge in [0.25, 0.3) is 0 Å². The summed E-state index contributed by atoms with van der Waals surface area (Å²) in [5.41, 5.74) is 0.803. The molecule has 0 radical (unpaired) electrons. The summed E-state index contributed by atoms with van der Waals surface area (Å²) >= 11 is 0. The fraction of sp³-hybridized carbons (Fsp3) is 0.655. The Morgan fingerprint density at radius 1 is 0.974 bits per heavy atom. The van der Waals surface area contributed by atoms with E-state index in [2.05, 4.69) is 16.0 Å². The number of ether oxygens (including phenoxy) is 2. The highest BCUT2D eigenvalue weighted by Gasteiger charge is 2.39. The first-order valence-electron chi connectivity index (χ1n) is 14.1. The Bertz CT molecular complexity index is 1020. The van der Waals surface area contributed by atoms with Crippen LogP contribution in [0.1, 0.15) is 63.9 Å². The molecule has 6 atom stereocenters. The number of rotatable bonds is 13. The van der Waals surface area contributed by atoms with Crippen LogP contribution in [0, 0.1) is 11.8 Å². The van der Waals surface area contributed by atoms with Gasteiger partial charge in [-0.2, -0.15) is 0 Å². The van der Waals surface area contributed by atoms with Crippen molar-refractivity contribution in [3.8, 4) is 5.75 Å². The summed E-state index contributed by atoms with van der Waals surface area (Å²) in [6, 6.07) is 4.69. The summed E-state index contributed by atoms with van der Waals surface area (Å²) in [7, 11) is 1.57. The number of amides is 3. The van der Waals surface area contributed by atoms with Gasteiger partial charge in [0, 0.05) is 12.3 Å². The summed E-state index contributed by atoms with van der Waals surface area (Å²) < 4.78 is 10.4. The summed E-state index contributed by atoms with van der Waals surface area (Å²) in [6.07, 6.45) is 5.62. The smallest absolute Gasteiger partial charge is 0.243 e. The van der Waals surface area contributed by atoms with Crippen LogP contribution < -0.4 is 20.7 Å². The van der Waals surface area contributed by atoms with Crippen molar-refractivity contribution in [2.45, 2.75) is 95.0 Å². The maximum Gasteiger partial charge on any atom is 0.243 e. The number of aliphatic hydroxyl groups is 1. The zero-order valence-electron chi connectivity index (χ0n) is 22.8. The molecule has 1 heterocycles. The van der Waals surface area contributed by atoms with E-state index in [9.17, 15) is 24.3 Å². The van der Waals surface area contributed by atoms with E-state index in [0.29, 0.717) is 44.0 Å². The van der Waals surface area contributed by atoms with Crippen molar-refractivity contribution in [1.82, 2.24) is 16.0 Å². The number of Topliss-reactive ketones (excluding diaryl/α,β-unsaturated/α-hetero) is 1. The quantitative estimate of drug-likeness (QED) is 0.275. The molecule has 2 aliphatic carbocycles. The zero-order chi connectivity index (χ0) is 27.9. The lowest BCUT2D eigenvalue weighted by molar-refractivity contribution is -0.134. The molecule has 4 rings (SSSR count). The number of carbonyl (C=O) groups excluding carboxylic acids is 4. The van der Waals surface area contributed by atoms with E-state index in [1.54, 1.807) is 26.2 Å². The molecule has 214 valence electrons. The number of carbonyl (C=O) groups is 4. The highest BCUT2D eigenvalue weighted by molar-refractivity contribution is 5.96. The van der Waals surface area contributed by atoms with Crippen LogP contribution in [0.25, 0.3) is 0 Å². The standard InChI is InChI=1S/C29H41N3O7/c1-17(30-28(36)20-9-10-21(33)15-20)27(35)32-24(14-19-7-11-22(38-2)12-8-19)29(37)31-23(26(34)25-16-39-25)13-18-5-3-4-6-18/h7-8,11-12,17-18,20-21,23-25,33H,3-6,9-10,13-16H2,1-2H3,(H,30,36)(H,31,37)(H,32,35)/t17-,20-,21-,23+,24+,25-/m1/s1. The molecule has 1 aliphatic heterocycles. The van der Waals surface area contributed by atoms with Crippen molar-refractivity contribution in [2.24, 2.45) is 11.8 Å². The highest BCUT2D eigenvalue weighted by Crippen LogP contribution is 2.30. The number of hydrogen-bond donors (Lipinski definition) is 4. The lowest BCUT2D eigenvalue weighted by Gasteiger charge is -2.26. The molecule has 1 aromatic rings. The lowest BCUT2D eigenvalue weighted by atomic mass is 9.94. The number of ketones is 1. The Morgan fingerprint density at radius 3 is 2.23 bits per heavy atom. The fourth-order valence-electron chi connectivity index (χ4n) is 5.63. The summed E-state index contributed by atoms with van der Waals surface area (Å²) in [5, 5.41) is 18.2. The van der Waals surface area contributed by atoms with Crippen LogP contribution in [0.2, 0.25) is 0 Å². The van der Waals surface area contributed by atoms with Crippen molar-refractivity contribution in [3.05, 3.63) is 29.8 Å². The Balaban J connectivity index is 1.44. The normalized spacial score (nSPS) is 24.8. The molecule has 3 aliphatic rings. The molecule has 1 aromatic carbocycles. The predicted molar refractivity (Wildman–Crippen MR) is 143 cm³/mol. The van der Waals surface area contributed by atoms with Gasteiger partial charge in [0.2, 0.25) is 17.7 Å². The van der Waals surface area contributed by atoms with Crippen LogP contribution in [-0.2, 0) is 30.3 Å². The van der Waals surface area contributed by atoms with Gasteiger partial charge in [-0.05, 0) is 56.2 Å². The molecule has 0 unspecified atom stereocenters. The first kappa shape index (κ1) is 29.0. The molecule has 10 heteroatoms. The maximum absolute atomic E-state index is 13.6. The van der Waals surface area contributed by atoms with Gasteiger partial charge in [0.1, 0.15) is 23.9 Å². The lowest BCUT2D eigenvalue weighted by Crippen LogP contribution is -2.56. The van der Waals surface area contributed by atoms with E-state index < -0.39 is 42.1 Å². The minimum absolute atomic E-state index is 0.121. The van der Waals surface area contributed by atoms with Gasteiger partial charge < -0.3 is 30.5 Å². The molecule has 0 spiro atoms. The van der Waals surface area contributed by atoms with E-state index in [0.717, 1.165) is 31.2 Å². The van der Waals surface area contributed by atoms with Crippen LogP contribution in [0.3, 0.4) is 0 Å². The van der Waals surface area contributed by atoms with Crippen LogP contribution in [-0.4, -0.2) is 72.7 Å². The fourth-order valence-corrected chi connectivity index (χ4v) is 5.63. The Labute approximate surface area is 229 Å². The first-order valence-corrected chi connectivity index (χ1v) is 14.1. The van der Waals surface area contributed by atoms with Gasteiger partial charge >= 0.3 is 0 Å². The Kier molecular flexibility index (Phi) is 9.96. The number of benzene rings is 1. The van der Waals surface area contributed by atoms with E-state index in [4.69, 9.17) is 9.47 Å². The van der Waals surface area contributed by atoms with Crippen molar-refractivity contribution < 1.29 is 33.8 Å². The Hall–Kier alpha value is -2.98.